The summed E-state index contributed by atoms with van der Waals surface area (Å²) in [5.41, 5.74) is 4.40. The first-order chi connectivity index (χ1) is 13.3. The molecule has 1 unspecified atom stereocenters. The molecule has 0 bridgehead atoms. The molecule has 0 radical (unpaired) electrons. The van der Waals surface area contributed by atoms with Crippen molar-refractivity contribution in [3.63, 3.8) is 0 Å². The van der Waals surface area contributed by atoms with Crippen LogP contribution in [0.2, 0.25) is 10.0 Å². The fraction of sp³-hybridized carbons (Fsp3) is 0.318. The van der Waals surface area contributed by atoms with Crippen LogP contribution in [0.5, 0.6) is 11.5 Å². The molecule has 6 heteroatoms. The summed E-state index contributed by atoms with van der Waals surface area (Å²) in [6.07, 6.45) is 1.30. The Balaban J connectivity index is 1.75. The number of benzene rings is 2. The van der Waals surface area contributed by atoms with Crippen LogP contribution >= 0.6 is 23.2 Å². The third-order valence-electron chi connectivity index (χ3n) is 5.62. The third-order valence-corrected chi connectivity index (χ3v) is 6.19. The molecule has 28 heavy (non-hydrogen) atoms. The monoisotopic (exact) mass is 415 g/mol. The van der Waals surface area contributed by atoms with Gasteiger partial charge in [-0.1, -0.05) is 43.1 Å². The van der Waals surface area contributed by atoms with E-state index >= 15 is 0 Å². The molecule has 0 fully saturated rings. The van der Waals surface area contributed by atoms with Gasteiger partial charge in [0, 0.05) is 45.4 Å². The van der Waals surface area contributed by atoms with Gasteiger partial charge in [-0.3, -0.25) is 4.79 Å². The number of ketones is 1. The second-order valence-corrected chi connectivity index (χ2v) is 9.19. The summed E-state index contributed by atoms with van der Waals surface area (Å²) in [5.74, 6) is 1.27. The smallest absolute Gasteiger partial charge is 0.231 e. The summed E-state index contributed by atoms with van der Waals surface area (Å²) >= 11 is 12.7. The second kappa shape index (κ2) is 6.16. The number of hydrogen-bond donors (Lipinski definition) is 1. The van der Waals surface area contributed by atoms with Gasteiger partial charge in [-0.2, -0.15) is 0 Å². The number of nitrogens with one attached hydrogen (secondary N) is 1. The highest BCUT2D eigenvalue weighted by Crippen LogP contribution is 2.52. The molecule has 0 spiro atoms. The van der Waals surface area contributed by atoms with Crippen molar-refractivity contribution >= 4 is 34.7 Å². The predicted octanol–water partition coefficient (Wildman–Crippen LogP) is 5.92. The van der Waals surface area contributed by atoms with Gasteiger partial charge in [0.25, 0.3) is 0 Å². The van der Waals surface area contributed by atoms with Gasteiger partial charge in [-0.15, -0.1) is 0 Å². The van der Waals surface area contributed by atoms with Crippen molar-refractivity contribution in [2.75, 3.05) is 12.1 Å². The zero-order chi connectivity index (χ0) is 19.6. The molecular formula is C22H19Cl2NO3. The highest BCUT2D eigenvalue weighted by molar-refractivity contribution is 6.35. The van der Waals surface area contributed by atoms with E-state index in [1.54, 1.807) is 6.07 Å². The summed E-state index contributed by atoms with van der Waals surface area (Å²) in [7, 11) is 0. The molecule has 5 rings (SSSR count). The SMILES string of the molecule is CC1(C)CC(=O)C2=C(C1)Nc1cc3c(cc1C2c1ccc(Cl)cc1Cl)OCO3. The number of Topliss-reactive ketones (excluding diaryl/α,β-unsaturated/α-hetero) is 1. The topological polar surface area (TPSA) is 47.6 Å². The van der Waals surface area contributed by atoms with Crippen LogP contribution < -0.4 is 14.8 Å². The normalized spacial score (nSPS) is 21.9. The lowest BCUT2D eigenvalue weighted by atomic mass is 9.68. The van der Waals surface area contributed by atoms with Gasteiger partial charge in [0.1, 0.15) is 0 Å². The van der Waals surface area contributed by atoms with Gasteiger partial charge in [0.2, 0.25) is 6.79 Å². The van der Waals surface area contributed by atoms with Crippen molar-refractivity contribution in [3.8, 4) is 11.5 Å². The van der Waals surface area contributed by atoms with Crippen molar-refractivity contribution in [1.82, 2.24) is 0 Å². The fourth-order valence-corrected chi connectivity index (χ4v) is 4.98. The number of anilines is 1. The Kier molecular flexibility index (Phi) is 3.94. The van der Waals surface area contributed by atoms with E-state index in [-0.39, 0.29) is 23.9 Å². The van der Waals surface area contributed by atoms with Gasteiger partial charge in [0.05, 0.1) is 0 Å². The van der Waals surface area contributed by atoms with Gasteiger partial charge in [-0.25, -0.2) is 0 Å². The van der Waals surface area contributed by atoms with Gasteiger partial charge < -0.3 is 14.8 Å². The number of carbonyl (C=O) groups excluding carboxylic acids is 1. The average molecular weight is 416 g/mol. The van der Waals surface area contributed by atoms with E-state index in [2.05, 4.69) is 19.2 Å². The number of ether oxygens (including phenoxy) is 2. The standard InChI is InChI=1S/C22H19Cl2NO3/c1-22(2)8-16-21(17(26)9-22)20(12-4-3-11(23)5-14(12)24)13-6-18-19(28-10-27-18)7-15(13)25-16/h3-7,20,25H,8-10H2,1-2H3. The molecule has 0 aromatic heterocycles. The van der Waals surface area contributed by atoms with Crippen LogP contribution in [-0.4, -0.2) is 12.6 Å². The zero-order valence-electron chi connectivity index (χ0n) is 15.6. The maximum absolute atomic E-state index is 13.2. The highest BCUT2D eigenvalue weighted by atomic mass is 35.5. The van der Waals surface area contributed by atoms with Crippen molar-refractivity contribution in [1.29, 1.82) is 0 Å². The van der Waals surface area contributed by atoms with Gasteiger partial charge >= 0.3 is 0 Å². The van der Waals surface area contributed by atoms with Crippen molar-refractivity contribution < 1.29 is 14.3 Å². The van der Waals surface area contributed by atoms with Crippen LogP contribution in [0.1, 0.15) is 43.7 Å². The molecule has 4 nitrogen and oxygen atoms in total. The Labute approximate surface area is 173 Å². The van der Waals surface area contributed by atoms with E-state index in [0.29, 0.717) is 28.0 Å². The maximum Gasteiger partial charge on any atom is 0.231 e. The van der Waals surface area contributed by atoms with Crippen LogP contribution in [0.25, 0.3) is 0 Å². The summed E-state index contributed by atoms with van der Waals surface area (Å²) in [5, 5.41) is 4.62. The lowest BCUT2D eigenvalue weighted by molar-refractivity contribution is -0.118. The zero-order valence-corrected chi connectivity index (χ0v) is 17.1. The lowest BCUT2D eigenvalue weighted by Crippen LogP contribution is -2.33. The van der Waals surface area contributed by atoms with Crippen LogP contribution in [0.15, 0.2) is 41.6 Å². The number of rotatable bonds is 1. The average Bonchev–Trinajstić information content (AvgIpc) is 3.05. The van der Waals surface area contributed by atoms with Gasteiger partial charge in [-0.05, 0) is 41.2 Å². The number of carbonyl (C=O) groups is 1. The summed E-state index contributed by atoms with van der Waals surface area (Å²) in [6, 6.07) is 9.35. The number of hydrogen-bond acceptors (Lipinski definition) is 4. The predicted molar refractivity (Wildman–Crippen MR) is 110 cm³/mol. The Morgan fingerprint density at radius 3 is 2.54 bits per heavy atom. The second-order valence-electron chi connectivity index (χ2n) is 8.35. The lowest BCUT2D eigenvalue weighted by Gasteiger charge is -2.39. The molecular weight excluding hydrogens is 397 g/mol. The summed E-state index contributed by atoms with van der Waals surface area (Å²) in [6.45, 7) is 4.44. The van der Waals surface area contributed by atoms with Crippen molar-refractivity contribution in [2.24, 2.45) is 5.41 Å². The van der Waals surface area contributed by atoms with Crippen molar-refractivity contribution in [2.45, 2.75) is 32.6 Å². The molecule has 0 saturated heterocycles. The van der Waals surface area contributed by atoms with E-state index in [1.165, 1.54) is 0 Å². The minimum absolute atomic E-state index is 0.0922. The summed E-state index contributed by atoms with van der Waals surface area (Å²) < 4.78 is 11.1. The molecule has 2 heterocycles. The van der Waals surface area contributed by atoms with Crippen LogP contribution in [0.3, 0.4) is 0 Å². The number of halogens is 2. The van der Waals surface area contributed by atoms with Crippen LogP contribution in [-0.2, 0) is 4.79 Å². The molecule has 3 aliphatic rings. The van der Waals surface area contributed by atoms with E-state index in [9.17, 15) is 4.79 Å². The molecule has 1 atom stereocenters. The largest absolute Gasteiger partial charge is 0.454 e. The van der Waals surface area contributed by atoms with Crippen molar-refractivity contribution in [3.05, 3.63) is 62.8 Å². The molecule has 0 saturated carbocycles. The molecule has 0 amide bonds. The van der Waals surface area contributed by atoms with Gasteiger partial charge in [0.15, 0.2) is 17.3 Å². The first-order valence-corrected chi connectivity index (χ1v) is 10.00. The minimum atomic E-state index is -0.269. The van der Waals surface area contributed by atoms with E-state index < -0.39 is 0 Å². The number of fused-ring (bicyclic) bond motifs is 2. The van der Waals surface area contributed by atoms with E-state index in [0.717, 1.165) is 34.5 Å². The van der Waals surface area contributed by atoms with Crippen LogP contribution in [0, 0.1) is 5.41 Å². The highest BCUT2D eigenvalue weighted by Gasteiger charge is 2.41. The summed E-state index contributed by atoms with van der Waals surface area (Å²) in [4.78, 5) is 13.2. The van der Waals surface area contributed by atoms with E-state index in [4.69, 9.17) is 32.7 Å². The molecule has 2 aromatic rings. The third kappa shape index (κ3) is 2.78. The molecule has 1 aliphatic carbocycles. The maximum atomic E-state index is 13.2. The quantitative estimate of drug-likeness (QED) is 0.627. The minimum Gasteiger partial charge on any atom is -0.454 e. The molecule has 144 valence electrons. The molecule has 2 aliphatic heterocycles. The Morgan fingerprint density at radius 2 is 1.79 bits per heavy atom. The first kappa shape index (κ1) is 17.9. The Morgan fingerprint density at radius 1 is 1.04 bits per heavy atom. The Bertz CT molecular complexity index is 1060. The van der Waals surface area contributed by atoms with E-state index in [1.807, 2.05) is 24.3 Å². The fourth-order valence-electron chi connectivity index (χ4n) is 4.46. The number of allylic oxidation sites excluding steroid dienone is 2. The first-order valence-electron chi connectivity index (χ1n) is 9.24. The molecule has 2 aromatic carbocycles. The molecule has 1 N–H and O–H groups in total. The van der Waals surface area contributed by atoms with Crippen LogP contribution in [0.4, 0.5) is 5.69 Å². The Hall–Kier alpha value is -2.17.